The standard InChI is InChI=1S/C12H12N2/c1-3-9-5-6-10-4-2-8-14-12(10)11(9)13-7-1/h1-7,11,13-14H,8H2. The van der Waals surface area contributed by atoms with Crippen LogP contribution in [-0.4, -0.2) is 12.6 Å². The summed E-state index contributed by atoms with van der Waals surface area (Å²) in [6, 6.07) is 0.324. The third-order valence-electron chi connectivity index (χ3n) is 2.74. The maximum atomic E-state index is 3.42. The lowest BCUT2D eigenvalue weighted by Gasteiger charge is -2.30. The summed E-state index contributed by atoms with van der Waals surface area (Å²) in [5, 5.41) is 6.79. The van der Waals surface area contributed by atoms with Crippen molar-refractivity contribution in [2.24, 2.45) is 0 Å². The van der Waals surface area contributed by atoms with Gasteiger partial charge in [0, 0.05) is 12.2 Å². The molecule has 14 heavy (non-hydrogen) atoms. The Labute approximate surface area is 83.4 Å². The second-order valence-electron chi connectivity index (χ2n) is 3.61. The van der Waals surface area contributed by atoms with Crippen molar-refractivity contribution in [2.45, 2.75) is 6.04 Å². The average molecular weight is 184 g/mol. The van der Waals surface area contributed by atoms with E-state index in [0.717, 1.165) is 6.54 Å². The predicted octanol–water partition coefficient (Wildman–Crippen LogP) is 1.38. The Kier molecular flexibility index (Phi) is 1.60. The number of hydrogen-bond acceptors (Lipinski definition) is 2. The summed E-state index contributed by atoms with van der Waals surface area (Å²) in [4.78, 5) is 0. The van der Waals surface area contributed by atoms with Crippen LogP contribution in [-0.2, 0) is 0 Å². The fourth-order valence-electron chi connectivity index (χ4n) is 2.05. The third-order valence-corrected chi connectivity index (χ3v) is 2.74. The molecular weight excluding hydrogens is 172 g/mol. The molecule has 0 saturated heterocycles. The van der Waals surface area contributed by atoms with Gasteiger partial charge in [0.2, 0.25) is 0 Å². The molecule has 0 aromatic rings. The van der Waals surface area contributed by atoms with Gasteiger partial charge in [-0.15, -0.1) is 0 Å². The van der Waals surface area contributed by atoms with Crippen LogP contribution < -0.4 is 10.6 Å². The van der Waals surface area contributed by atoms with Crippen molar-refractivity contribution in [3.05, 3.63) is 59.5 Å². The van der Waals surface area contributed by atoms with Crippen LogP contribution >= 0.6 is 0 Å². The molecule has 70 valence electrons. The number of nitrogens with one attached hydrogen (secondary N) is 2. The molecule has 3 aliphatic rings. The highest BCUT2D eigenvalue weighted by molar-refractivity contribution is 5.53. The average Bonchev–Trinajstić information content (AvgIpc) is 2.29. The summed E-state index contributed by atoms with van der Waals surface area (Å²) in [6.07, 6.45) is 14.9. The van der Waals surface area contributed by atoms with Gasteiger partial charge < -0.3 is 10.6 Å². The van der Waals surface area contributed by atoms with Gasteiger partial charge in [0.25, 0.3) is 0 Å². The van der Waals surface area contributed by atoms with E-state index >= 15 is 0 Å². The Morgan fingerprint density at radius 1 is 1.21 bits per heavy atom. The molecule has 1 atom stereocenters. The Balaban J connectivity index is 2.06. The zero-order valence-electron chi connectivity index (χ0n) is 7.83. The molecule has 2 heterocycles. The van der Waals surface area contributed by atoms with E-state index in [4.69, 9.17) is 0 Å². The van der Waals surface area contributed by atoms with E-state index in [9.17, 15) is 0 Å². The zero-order valence-corrected chi connectivity index (χ0v) is 7.83. The molecule has 0 aromatic carbocycles. The maximum Gasteiger partial charge on any atom is 0.0916 e. The maximum absolute atomic E-state index is 3.42. The van der Waals surface area contributed by atoms with Gasteiger partial charge in [0.15, 0.2) is 0 Å². The monoisotopic (exact) mass is 184 g/mol. The van der Waals surface area contributed by atoms with Crippen LogP contribution in [0.3, 0.4) is 0 Å². The van der Waals surface area contributed by atoms with E-state index in [2.05, 4.69) is 41.0 Å². The van der Waals surface area contributed by atoms with Crippen LogP contribution in [0.2, 0.25) is 0 Å². The molecule has 1 unspecified atom stereocenters. The number of fused-ring (bicyclic) bond motifs is 2. The minimum absolute atomic E-state index is 0.324. The van der Waals surface area contributed by atoms with Gasteiger partial charge in [-0.1, -0.05) is 30.4 Å². The Hall–Kier alpha value is -1.70. The highest BCUT2D eigenvalue weighted by Crippen LogP contribution is 2.26. The molecule has 2 N–H and O–H groups in total. The van der Waals surface area contributed by atoms with E-state index in [-0.39, 0.29) is 0 Å². The molecule has 0 aromatic heterocycles. The Bertz CT molecular complexity index is 408. The van der Waals surface area contributed by atoms with Gasteiger partial charge in [0.1, 0.15) is 0 Å². The van der Waals surface area contributed by atoms with E-state index in [0.29, 0.717) is 6.04 Å². The summed E-state index contributed by atoms with van der Waals surface area (Å²) < 4.78 is 0. The molecule has 0 bridgehead atoms. The summed E-state index contributed by atoms with van der Waals surface area (Å²) in [7, 11) is 0. The molecule has 0 saturated carbocycles. The van der Waals surface area contributed by atoms with Crippen molar-refractivity contribution >= 4 is 0 Å². The van der Waals surface area contributed by atoms with Crippen LogP contribution in [0.4, 0.5) is 0 Å². The first-order valence-corrected chi connectivity index (χ1v) is 4.90. The van der Waals surface area contributed by atoms with Crippen LogP contribution in [0.5, 0.6) is 0 Å². The normalized spacial score (nSPS) is 27.4. The quantitative estimate of drug-likeness (QED) is 0.594. The highest BCUT2D eigenvalue weighted by atomic mass is 15.0. The number of allylic oxidation sites excluding steroid dienone is 5. The summed E-state index contributed by atoms with van der Waals surface area (Å²) in [5.41, 5.74) is 3.92. The minimum atomic E-state index is 0.324. The van der Waals surface area contributed by atoms with Crippen LogP contribution in [0, 0.1) is 0 Å². The number of hydrogen-bond donors (Lipinski definition) is 2. The van der Waals surface area contributed by atoms with Crippen molar-refractivity contribution in [1.82, 2.24) is 10.6 Å². The topological polar surface area (TPSA) is 24.1 Å². The van der Waals surface area contributed by atoms with Gasteiger partial charge in [-0.05, 0) is 23.4 Å². The SMILES string of the molecule is C1=CNC2C(=C1)C=CC1=C2NCC=C1. The first kappa shape index (κ1) is 7.68. The van der Waals surface area contributed by atoms with Crippen molar-refractivity contribution in [3.8, 4) is 0 Å². The summed E-state index contributed by atoms with van der Waals surface area (Å²) >= 11 is 0. The first-order chi connectivity index (χ1) is 6.95. The predicted molar refractivity (Wildman–Crippen MR) is 57.5 cm³/mol. The fraction of sp³-hybridized carbons (Fsp3) is 0.167. The Morgan fingerprint density at radius 2 is 2.21 bits per heavy atom. The van der Waals surface area contributed by atoms with E-state index in [1.807, 2.05) is 12.3 Å². The van der Waals surface area contributed by atoms with Gasteiger partial charge in [-0.25, -0.2) is 0 Å². The summed E-state index contributed by atoms with van der Waals surface area (Å²) in [6.45, 7) is 0.932. The lowest BCUT2D eigenvalue weighted by atomic mass is 9.90. The number of rotatable bonds is 0. The molecule has 1 aliphatic carbocycles. The zero-order chi connectivity index (χ0) is 9.38. The van der Waals surface area contributed by atoms with Crippen molar-refractivity contribution in [1.29, 1.82) is 0 Å². The Morgan fingerprint density at radius 3 is 3.21 bits per heavy atom. The second-order valence-corrected chi connectivity index (χ2v) is 3.61. The molecule has 2 aliphatic heterocycles. The van der Waals surface area contributed by atoms with Gasteiger partial charge >= 0.3 is 0 Å². The molecule has 2 nitrogen and oxygen atoms in total. The van der Waals surface area contributed by atoms with E-state index in [1.54, 1.807) is 0 Å². The third kappa shape index (κ3) is 1.04. The van der Waals surface area contributed by atoms with Crippen LogP contribution in [0.1, 0.15) is 0 Å². The largest absolute Gasteiger partial charge is 0.382 e. The molecule has 3 rings (SSSR count). The summed E-state index contributed by atoms with van der Waals surface area (Å²) in [5.74, 6) is 0. The molecule has 0 fully saturated rings. The first-order valence-electron chi connectivity index (χ1n) is 4.90. The van der Waals surface area contributed by atoms with Gasteiger partial charge in [-0.3, -0.25) is 0 Å². The van der Waals surface area contributed by atoms with Crippen LogP contribution in [0.15, 0.2) is 59.5 Å². The van der Waals surface area contributed by atoms with Crippen LogP contribution in [0.25, 0.3) is 0 Å². The molecule has 0 spiro atoms. The lowest BCUT2D eigenvalue weighted by Crippen LogP contribution is -2.39. The van der Waals surface area contributed by atoms with E-state index < -0.39 is 0 Å². The molecule has 0 amide bonds. The lowest BCUT2D eigenvalue weighted by molar-refractivity contribution is 0.673. The van der Waals surface area contributed by atoms with Crippen molar-refractivity contribution in [3.63, 3.8) is 0 Å². The minimum Gasteiger partial charge on any atom is -0.382 e. The second kappa shape index (κ2) is 2.91. The molecule has 2 heteroatoms. The molecular formula is C12H12N2. The molecule has 0 radical (unpaired) electrons. The van der Waals surface area contributed by atoms with Gasteiger partial charge in [0.05, 0.1) is 6.04 Å². The van der Waals surface area contributed by atoms with Crippen molar-refractivity contribution in [2.75, 3.05) is 6.54 Å². The number of dihydropyridines is 2. The van der Waals surface area contributed by atoms with Crippen molar-refractivity contribution < 1.29 is 0 Å². The smallest absolute Gasteiger partial charge is 0.0916 e. The van der Waals surface area contributed by atoms with E-state index in [1.165, 1.54) is 16.8 Å². The highest BCUT2D eigenvalue weighted by Gasteiger charge is 2.23. The fourth-order valence-corrected chi connectivity index (χ4v) is 2.05. The van der Waals surface area contributed by atoms with Gasteiger partial charge in [-0.2, -0.15) is 0 Å².